The maximum atomic E-state index is 10.3. The van der Waals surface area contributed by atoms with Gasteiger partial charge in [-0.15, -0.1) is 11.3 Å². The number of nitriles is 1. The fraction of sp³-hybridized carbons (Fsp3) is 0.385. The van der Waals surface area contributed by atoms with Crippen molar-refractivity contribution in [2.45, 2.75) is 49.5 Å². The Hall–Kier alpha value is -2.48. The van der Waals surface area contributed by atoms with E-state index in [4.69, 9.17) is 9.72 Å². The molecular formula is C26H26N2OS. The molecule has 5 rings (SSSR count). The Kier molecular flexibility index (Phi) is 5.41. The zero-order valence-electron chi connectivity index (χ0n) is 17.0. The van der Waals surface area contributed by atoms with Gasteiger partial charge in [-0.2, -0.15) is 5.26 Å². The Bertz CT molecular complexity index is 1020. The summed E-state index contributed by atoms with van der Waals surface area (Å²) in [5.74, 6) is 1.03. The molecule has 4 heteroatoms. The molecular weight excluding hydrogens is 388 g/mol. The smallest absolute Gasteiger partial charge is 0.108 e. The van der Waals surface area contributed by atoms with Crippen LogP contribution >= 0.6 is 11.3 Å². The van der Waals surface area contributed by atoms with Gasteiger partial charge in [0.25, 0.3) is 0 Å². The molecule has 2 fully saturated rings. The van der Waals surface area contributed by atoms with Crippen LogP contribution in [-0.2, 0) is 10.2 Å². The van der Waals surface area contributed by atoms with Gasteiger partial charge in [0.15, 0.2) is 0 Å². The first kappa shape index (κ1) is 19.5. The molecule has 152 valence electrons. The number of nitrogens with zero attached hydrogens (tertiary/aromatic N) is 2. The average Bonchev–Trinajstić information content (AvgIpc) is 3.52. The summed E-state index contributed by atoms with van der Waals surface area (Å²) < 4.78 is 6.47. The molecule has 0 saturated heterocycles. The highest BCUT2D eigenvalue weighted by Gasteiger charge is 2.47. The highest BCUT2D eigenvalue weighted by molar-refractivity contribution is 7.15. The number of thiazole rings is 1. The molecule has 0 spiro atoms. The molecule has 2 saturated carbocycles. The molecule has 0 N–H and O–H groups in total. The number of hydrogen-bond acceptors (Lipinski definition) is 4. The van der Waals surface area contributed by atoms with E-state index in [-0.39, 0.29) is 6.10 Å². The van der Waals surface area contributed by atoms with Crippen molar-refractivity contribution in [2.75, 3.05) is 6.61 Å². The van der Waals surface area contributed by atoms with Gasteiger partial charge in [-0.05, 0) is 49.1 Å². The van der Waals surface area contributed by atoms with Crippen molar-refractivity contribution < 1.29 is 4.74 Å². The largest absolute Gasteiger partial charge is 0.376 e. The highest BCUT2D eigenvalue weighted by Crippen LogP contribution is 2.48. The molecule has 1 aromatic heterocycles. The lowest BCUT2D eigenvalue weighted by molar-refractivity contribution is -0.0203. The quantitative estimate of drug-likeness (QED) is 0.473. The van der Waals surface area contributed by atoms with Crippen molar-refractivity contribution in [3.63, 3.8) is 0 Å². The molecule has 3 aromatic rings. The first-order chi connectivity index (χ1) is 14.8. The van der Waals surface area contributed by atoms with E-state index in [1.807, 2.05) is 30.5 Å². The fourth-order valence-corrected chi connectivity index (χ4v) is 5.65. The molecule has 2 aliphatic rings. The molecule has 0 aliphatic heterocycles. The van der Waals surface area contributed by atoms with Crippen LogP contribution in [0.1, 0.15) is 48.6 Å². The molecule has 2 aliphatic carbocycles. The lowest BCUT2D eigenvalue weighted by Gasteiger charge is -2.42. The first-order valence-electron chi connectivity index (χ1n) is 10.9. The van der Waals surface area contributed by atoms with Crippen molar-refractivity contribution in [1.29, 1.82) is 5.26 Å². The third-order valence-corrected chi connectivity index (χ3v) is 7.79. The summed E-state index contributed by atoms with van der Waals surface area (Å²) in [6, 6.07) is 23.4. The maximum Gasteiger partial charge on any atom is 0.108 e. The van der Waals surface area contributed by atoms with E-state index in [2.05, 4.69) is 42.5 Å². The summed E-state index contributed by atoms with van der Waals surface area (Å²) in [5, 5.41) is 11.5. The third kappa shape index (κ3) is 3.80. The zero-order valence-corrected chi connectivity index (χ0v) is 17.9. The van der Waals surface area contributed by atoms with Crippen LogP contribution in [0.2, 0.25) is 0 Å². The lowest BCUT2D eigenvalue weighted by atomic mass is 9.65. The number of benzene rings is 2. The van der Waals surface area contributed by atoms with Crippen LogP contribution in [-0.4, -0.2) is 17.7 Å². The van der Waals surface area contributed by atoms with E-state index in [1.54, 1.807) is 11.3 Å². The average molecular weight is 415 g/mol. The summed E-state index contributed by atoms with van der Waals surface area (Å²) in [6.45, 7) is 0.779. The summed E-state index contributed by atoms with van der Waals surface area (Å²) in [6.07, 6.45) is 7.06. The minimum Gasteiger partial charge on any atom is -0.376 e. The molecule has 3 atom stereocenters. The molecule has 3 unspecified atom stereocenters. The SMILES string of the molecule is N#CC1(c2ccccc2)CCC(c2ncc(-c3ccccc3)s2)CC1OCC1CC1. The second-order valence-corrected chi connectivity index (χ2v) is 9.68. The summed E-state index contributed by atoms with van der Waals surface area (Å²) >= 11 is 1.79. The summed E-state index contributed by atoms with van der Waals surface area (Å²) in [4.78, 5) is 5.99. The van der Waals surface area contributed by atoms with E-state index in [9.17, 15) is 5.26 Å². The van der Waals surface area contributed by atoms with Crippen LogP contribution in [0.5, 0.6) is 0 Å². The minimum absolute atomic E-state index is 0.0895. The Morgan fingerprint density at radius 2 is 1.77 bits per heavy atom. The minimum atomic E-state index is -0.563. The van der Waals surface area contributed by atoms with Crippen LogP contribution in [0.4, 0.5) is 0 Å². The molecule has 1 heterocycles. The summed E-state index contributed by atoms with van der Waals surface area (Å²) in [5.41, 5.74) is 1.75. The normalized spacial score (nSPS) is 26.2. The van der Waals surface area contributed by atoms with Gasteiger partial charge in [0, 0.05) is 18.7 Å². The van der Waals surface area contributed by atoms with E-state index in [0.717, 1.165) is 31.4 Å². The fourth-order valence-electron chi connectivity index (χ4n) is 4.58. The molecule has 0 amide bonds. The van der Waals surface area contributed by atoms with E-state index < -0.39 is 5.41 Å². The zero-order chi connectivity index (χ0) is 20.4. The molecule has 2 aromatic carbocycles. The van der Waals surface area contributed by atoms with Gasteiger partial charge in [0.2, 0.25) is 0 Å². The van der Waals surface area contributed by atoms with Crippen molar-refractivity contribution in [3.05, 3.63) is 77.4 Å². The Labute approximate surface area is 182 Å². The Balaban J connectivity index is 1.41. The number of rotatable bonds is 6. The maximum absolute atomic E-state index is 10.3. The number of ether oxygens (including phenoxy) is 1. The van der Waals surface area contributed by atoms with Crippen LogP contribution in [0.3, 0.4) is 0 Å². The van der Waals surface area contributed by atoms with E-state index in [1.165, 1.54) is 28.3 Å². The monoisotopic (exact) mass is 414 g/mol. The Morgan fingerprint density at radius 3 is 2.47 bits per heavy atom. The molecule has 0 bridgehead atoms. The van der Waals surface area contributed by atoms with Crippen molar-refractivity contribution in [1.82, 2.24) is 4.98 Å². The number of aromatic nitrogens is 1. The summed E-state index contributed by atoms with van der Waals surface area (Å²) in [7, 11) is 0. The predicted octanol–water partition coefficient (Wildman–Crippen LogP) is 6.33. The molecule has 3 nitrogen and oxygen atoms in total. The second-order valence-electron chi connectivity index (χ2n) is 8.61. The van der Waals surface area contributed by atoms with Crippen LogP contribution in [0.25, 0.3) is 10.4 Å². The van der Waals surface area contributed by atoms with Crippen molar-refractivity contribution in [2.24, 2.45) is 5.92 Å². The van der Waals surface area contributed by atoms with Gasteiger partial charge < -0.3 is 4.74 Å². The number of hydrogen-bond donors (Lipinski definition) is 0. The van der Waals surface area contributed by atoms with Gasteiger partial charge in [-0.25, -0.2) is 4.98 Å². The third-order valence-electron chi connectivity index (χ3n) is 6.58. The van der Waals surface area contributed by atoms with Gasteiger partial charge in [0.1, 0.15) is 5.41 Å². The van der Waals surface area contributed by atoms with Crippen LogP contribution in [0.15, 0.2) is 66.9 Å². The van der Waals surface area contributed by atoms with Gasteiger partial charge in [-0.3, -0.25) is 0 Å². The van der Waals surface area contributed by atoms with Gasteiger partial charge in [-0.1, -0.05) is 60.7 Å². The van der Waals surface area contributed by atoms with E-state index >= 15 is 0 Å². The van der Waals surface area contributed by atoms with Crippen molar-refractivity contribution >= 4 is 11.3 Å². The molecule has 30 heavy (non-hydrogen) atoms. The molecule has 0 radical (unpaired) electrons. The topological polar surface area (TPSA) is 45.9 Å². The first-order valence-corrected chi connectivity index (χ1v) is 11.7. The van der Waals surface area contributed by atoms with Crippen LogP contribution in [0, 0.1) is 17.2 Å². The predicted molar refractivity (Wildman–Crippen MR) is 120 cm³/mol. The second kappa shape index (κ2) is 8.34. The van der Waals surface area contributed by atoms with Gasteiger partial charge >= 0.3 is 0 Å². The van der Waals surface area contributed by atoms with Crippen molar-refractivity contribution in [3.8, 4) is 16.5 Å². The lowest BCUT2D eigenvalue weighted by Crippen LogP contribution is -2.45. The van der Waals surface area contributed by atoms with Gasteiger partial charge in [0.05, 0.1) is 22.1 Å². The standard InChI is InChI=1S/C26H26N2OS/c27-18-26(22-9-5-2-6-10-22)14-13-21(15-24(26)29-17-19-11-12-19)25-28-16-23(30-25)20-7-3-1-4-8-20/h1-10,16,19,21,24H,11-15,17H2. The Morgan fingerprint density at radius 1 is 1.03 bits per heavy atom. The highest BCUT2D eigenvalue weighted by atomic mass is 32.1. The van der Waals surface area contributed by atoms with E-state index in [0.29, 0.717) is 11.8 Å². The van der Waals surface area contributed by atoms with Crippen LogP contribution < -0.4 is 0 Å².